The molecule has 0 aromatic rings. The zero-order valence-corrected chi connectivity index (χ0v) is 8.98. The second-order valence-corrected chi connectivity index (χ2v) is 8.84. The largest absolute Gasteiger partial charge is 0.198 e. The zero-order chi connectivity index (χ0) is 8.74. The van der Waals surface area contributed by atoms with Crippen molar-refractivity contribution in [3.05, 3.63) is 0 Å². The zero-order valence-electron chi connectivity index (χ0n) is 7.98. The first-order chi connectivity index (χ1) is 5.24. The molecule has 0 aliphatic heterocycles. The molecular weight excluding hydrogens is 150 g/mol. The van der Waals surface area contributed by atoms with E-state index in [-0.39, 0.29) is 0 Å². The van der Waals surface area contributed by atoms with Crippen LogP contribution in [0.15, 0.2) is 0 Å². The Balaban J connectivity index is 3.96. The number of nitriles is 1. The fourth-order valence-electron chi connectivity index (χ4n) is 1.60. The molecule has 0 atom stereocenters. The first-order valence-corrected chi connectivity index (χ1v) is 7.44. The van der Waals surface area contributed by atoms with Crippen LogP contribution in [0.4, 0.5) is 0 Å². The molecule has 11 heavy (non-hydrogen) atoms. The monoisotopic (exact) mass is 169 g/mol. The molecule has 0 saturated carbocycles. The molecule has 0 radical (unpaired) electrons. The lowest BCUT2D eigenvalue weighted by molar-refractivity contribution is 1.06. The molecule has 1 nitrogen and oxygen atoms in total. The van der Waals surface area contributed by atoms with Gasteiger partial charge in [0.2, 0.25) is 0 Å². The molecule has 0 unspecified atom stereocenters. The smallest absolute Gasteiger partial charge is 0.0618 e. The van der Waals surface area contributed by atoms with Crippen molar-refractivity contribution in [1.29, 1.82) is 5.26 Å². The van der Waals surface area contributed by atoms with Crippen LogP contribution >= 0.6 is 0 Å². The van der Waals surface area contributed by atoms with Gasteiger partial charge in [-0.15, -0.1) is 0 Å². The van der Waals surface area contributed by atoms with E-state index in [2.05, 4.69) is 26.8 Å². The number of rotatable bonds is 5. The lowest BCUT2D eigenvalue weighted by atomic mass is 10.6. The van der Waals surface area contributed by atoms with Gasteiger partial charge in [-0.05, 0) is 6.04 Å². The minimum Gasteiger partial charge on any atom is -0.198 e. The molecule has 0 aromatic heterocycles. The Morgan fingerprint density at radius 1 is 1.09 bits per heavy atom. The molecular formula is C9H19NSi. The summed E-state index contributed by atoms with van der Waals surface area (Å²) in [6, 6.07) is 7.52. The molecule has 0 rings (SSSR count). The van der Waals surface area contributed by atoms with Crippen LogP contribution in [-0.4, -0.2) is 8.07 Å². The van der Waals surface area contributed by atoms with Crippen LogP contribution in [-0.2, 0) is 0 Å². The van der Waals surface area contributed by atoms with Crippen LogP contribution in [0.3, 0.4) is 0 Å². The predicted molar refractivity (Wildman–Crippen MR) is 52.2 cm³/mol. The molecule has 0 bridgehead atoms. The Kier molecular flexibility index (Phi) is 5.23. The highest BCUT2D eigenvalue weighted by molar-refractivity contribution is 6.79. The van der Waals surface area contributed by atoms with Crippen molar-refractivity contribution in [3.8, 4) is 6.07 Å². The standard InChI is InChI=1S/C9H19NSi/c1-4-11(5-2,6-3)9-7-8-10/h4-7,9H2,1-3H3. The minimum absolute atomic E-state index is 0.780. The van der Waals surface area contributed by atoms with Gasteiger partial charge in [0.15, 0.2) is 0 Å². The summed E-state index contributed by atoms with van der Waals surface area (Å²) in [5.74, 6) is 0. The van der Waals surface area contributed by atoms with Crippen molar-refractivity contribution < 1.29 is 0 Å². The molecule has 0 N–H and O–H groups in total. The molecule has 64 valence electrons. The predicted octanol–water partition coefficient (Wildman–Crippen LogP) is 3.41. The molecule has 0 saturated heterocycles. The molecule has 0 heterocycles. The fraction of sp³-hybridized carbons (Fsp3) is 0.889. The summed E-state index contributed by atoms with van der Waals surface area (Å²) in [6.45, 7) is 6.86. The molecule has 0 aliphatic carbocycles. The van der Waals surface area contributed by atoms with Crippen molar-refractivity contribution in [2.24, 2.45) is 0 Å². The third-order valence-electron chi connectivity index (χ3n) is 3.02. The molecule has 0 amide bonds. The average Bonchev–Trinajstić information content (AvgIpc) is 2.08. The lowest BCUT2D eigenvalue weighted by Crippen LogP contribution is -2.30. The van der Waals surface area contributed by atoms with E-state index in [1.165, 1.54) is 24.2 Å². The highest BCUT2D eigenvalue weighted by Gasteiger charge is 2.25. The normalized spacial score (nSPS) is 11.1. The highest BCUT2D eigenvalue weighted by atomic mass is 28.3. The minimum atomic E-state index is -0.961. The van der Waals surface area contributed by atoms with Gasteiger partial charge in [0.25, 0.3) is 0 Å². The van der Waals surface area contributed by atoms with E-state index in [9.17, 15) is 0 Å². The summed E-state index contributed by atoms with van der Waals surface area (Å²) >= 11 is 0. The van der Waals surface area contributed by atoms with E-state index in [0.29, 0.717) is 0 Å². The van der Waals surface area contributed by atoms with E-state index in [4.69, 9.17) is 5.26 Å². The van der Waals surface area contributed by atoms with Crippen molar-refractivity contribution in [2.45, 2.75) is 51.4 Å². The summed E-state index contributed by atoms with van der Waals surface area (Å²) in [6.07, 6.45) is 0.780. The highest BCUT2D eigenvalue weighted by Crippen LogP contribution is 2.25. The van der Waals surface area contributed by atoms with Crippen LogP contribution in [0, 0.1) is 11.3 Å². The summed E-state index contributed by atoms with van der Waals surface area (Å²) in [5, 5.41) is 8.49. The number of hydrogen-bond donors (Lipinski definition) is 0. The maximum absolute atomic E-state index is 8.49. The number of nitrogens with zero attached hydrogens (tertiary/aromatic N) is 1. The summed E-state index contributed by atoms with van der Waals surface area (Å²) < 4.78 is 0. The van der Waals surface area contributed by atoms with Gasteiger partial charge in [0.1, 0.15) is 0 Å². The summed E-state index contributed by atoms with van der Waals surface area (Å²) in [5.41, 5.74) is 0. The van der Waals surface area contributed by atoms with Crippen LogP contribution in [0.25, 0.3) is 0 Å². The third-order valence-corrected chi connectivity index (χ3v) is 8.83. The van der Waals surface area contributed by atoms with Crippen LogP contribution < -0.4 is 0 Å². The fourth-order valence-corrected chi connectivity index (χ4v) is 4.80. The van der Waals surface area contributed by atoms with Crippen LogP contribution in [0.2, 0.25) is 24.2 Å². The maximum atomic E-state index is 8.49. The van der Waals surface area contributed by atoms with Crippen LogP contribution in [0.1, 0.15) is 27.2 Å². The van der Waals surface area contributed by atoms with Crippen molar-refractivity contribution in [2.75, 3.05) is 0 Å². The Labute approximate surface area is 71.4 Å². The van der Waals surface area contributed by atoms with Crippen LogP contribution in [0.5, 0.6) is 0 Å². The van der Waals surface area contributed by atoms with E-state index in [1.54, 1.807) is 0 Å². The average molecular weight is 169 g/mol. The van der Waals surface area contributed by atoms with Gasteiger partial charge in [-0.1, -0.05) is 38.9 Å². The molecule has 0 spiro atoms. The van der Waals surface area contributed by atoms with E-state index < -0.39 is 8.07 Å². The van der Waals surface area contributed by atoms with Gasteiger partial charge in [-0.3, -0.25) is 0 Å². The van der Waals surface area contributed by atoms with E-state index in [1.807, 2.05) is 0 Å². The quantitative estimate of drug-likeness (QED) is 0.579. The summed E-state index contributed by atoms with van der Waals surface area (Å²) in [4.78, 5) is 0. The lowest BCUT2D eigenvalue weighted by Gasteiger charge is -2.26. The van der Waals surface area contributed by atoms with Gasteiger partial charge in [-0.25, -0.2) is 0 Å². The van der Waals surface area contributed by atoms with Crippen molar-refractivity contribution in [1.82, 2.24) is 0 Å². The van der Waals surface area contributed by atoms with E-state index >= 15 is 0 Å². The third kappa shape index (κ3) is 3.07. The Morgan fingerprint density at radius 3 is 1.82 bits per heavy atom. The van der Waals surface area contributed by atoms with Gasteiger partial charge >= 0.3 is 0 Å². The molecule has 0 aliphatic rings. The maximum Gasteiger partial charge on any atom is 0.0618 e. The van der Waals surface area contributed by atoms with E-state index in [0.717, 1.165) is 6.42 Å². The molecule has 0 fully saturated rings. The first-order valence-electron chi connectivity index (χ1n) is 4.61. The molecule has 0 aromatic carbocycles. The SMILES string of the molecule is CC[Si](CC)(CC)CCC#N. The van der Waals surface area contributed by atoms with Gasteiger partial charge < -0.3 is 0 Å². The van der Waals surface area contributed by atoms with Crippen molar-refractivity contribution in [3.63, 3.8) is 0 Å². The Bertz CT molecular complexity index is 125. The Morgan fingerprint density at radius 2 is 1.55 bits per heavy atom. The Hall–Kier alpha value is -0.293. The topological polar surface area (TPSA) is 23.8 Å². The summed E-state index contributed by atoms with van der Waals surface area (Å²) in [7, 11) is -0.961. The second-order valence-electron chi connectivity index (χ2n) is 3.22. The molecule has 2 heteroatoms. The number of hydrogen-bond acceptors (Lipinski definition) is 1. The van der Waals surface area contributed by atoms with Gasteiger partial charge in [0, 0.05) is 6.42 Å². The second kappa shape index (κ2) is 5.37. The first kappa shape index (κ1) is 10.7. The van der Waals surface area contributed by atoms with Gasteiger partial charge in [0.05, 0.1) is 14.1 Å². The van der Waals surface area contributed by atoms with Crippen molar-refractivity contribution >= 4 is 8.07 Å². The van der Waals surface area contributed by atoms with Gasteiger partial charge in [-0.2, -0.15) is 5.26 Å².